The van der Waals surface area contributed by atoms with Crippen molar-refractivity contribution in [1.29, 1.82) is 0 Å². The van der Waals surface area contributed by atoms with Crippen molar-refractivity contribution >= 4 is 15.0 Å². The van der Waals surface area contributed by atoms with Crippen molar-refractivity contribution < 1.29 is 9.63 Å². The lowest BCUT2D eigenvalue weighted by atomic mass is 11.1. The number of hydrogen-bond acceptors (Lipinski definition) is 3. The molecule has 0 amide bonds. The Labute approximate surface area is 43.9 Å². The van der Waals surface area contributed by atoms with Crippen LogP contribution < -0.4 is 5.48 Å². The SMILES string of the molecule is C=CNOC(=O)P. The van der Waals surface area contributed by atoms with Gasteiger partial charge in [0.1, 0.15) is 0 Å². The van der Waals surface area contributed by atoms with Crippen LogP contribution in [0.2, 0.25) is 0 Å². The molecule has 1 unspecified atom stereocenters. The zero-order valence-electron chi connectivity index (χ0n) is 3.68. The highest BCUT2D eigenvalue weighted by Crippen LogP contribution is 1.84. The fraction of sp³-hybridized carbons (Fsp3) is 0. The third-order valence-corrected chi connectivity index (χ3v) is 0.361. The minimum absolute atomic E-state index is 0.458. The fourth-order valence-electron chi connectivity index (χ4n) is 0.0997. The van der Waals surface area contributed by atoms with Crippen LogP contribution in [0.15, 0.2) is 12.8 Å². The van der Waals surface area contributed by atoms with Crippen LogP contribution >= 0.6 is 9.24 Å². The highest BCUT2D eigenvalue weighted by molar-refractivity contribution is 7.39. The molecule has 0 aromatic rings. The normalized spacial score (nSPS) is 7.00. The van der Waals surface area contributed by atoms with E-state index in [9.17, 15) is 4.79 Å². The van der Waals surface area contributed by atoms with Crippen molar-refractivity contribution in [1.82, 2.24) is 5.48 Å². The molecule has 0 rings (SSSR count). The van der Waals surface area contributed by atoms with Crippen molar-refractivity contribution in [3.05, 3.63) is 12.8 Å². The molecule has 0 aliphatic carbocycles. The van der Waals surface area contributed by atoms with E-state index in [-0.39, 0.29) is 0 Å². The van der Waals surface area contributed by atoms with Crippen LogP contribution in [0.25, 0.3) is 0 Å². The molecule has 1 N–H and O–H groups in total. The Bertz CT molecular complexity index is 83.0. The smallest absolute Gasteiger partial charge is 0.340 e. The molecule has 0 saturated carbocycles. The summed E-state index contributed by atoms with van der Waals surface area (Å²) >= 11 is 0. The quantitative estimate of drug-likeness (QED) is 0.428. The van der Waals surface area contributed by atoms with Gasteiger partial charge in [-0.1, -0.05) is 6.58 Å². The van der Waals surface area contributed by atoms with Crippen LogP contribution in [0, 0.1) is 0 Å². The van der Waals surface area contributed by atoms with Crippen LogP contribution in [-0.4, -0.2) is 5.71 Å². The molecule has 7 heavy (non-hydrogen) atoms. The zero-order chi connectivity index (χ0) is 5.70. The largest absolute Gasteiger partial charge is 0.344 e. The fourth-order valence-corrected chi connectivity index (χ4v) is 0.168. The van der Waals surface area contributed by atoms with Gasteiger partial charge < -0.3 is 4.84 Å². The lowest BCUT2D eigenvalue weighted by molar-refractivity contribution is 0.139. The first-order chi connectivity index (χ1) is 3.27. The number of hydroxylamine groups is 1. The summed E-state index contributed by atoms with van der Waals surface area (Å²) in [6, 6.07) is 0. The molecule has 3 nitrogen and oxygen atoms in total. The molecule has 0 aliphatic heterocycles. The molecule has 0 aliphatic rings. The molecule has 4 heteroatoms. The molecular formula is C3H6NO2P. The minimum atomic E-state index is -0.458. The molecule has 0 bridgehead atoms. The van der Waals surface area contributed by atoms with Crippen molar-refractivity contribution in [3.8, 4) is 0 Å². The number of carbonyl (C=O) groups is 1. The number of carbonyl (C=O) groups excluding carboxylic acids is 1. The number of hydrogen-bond donors (Lipinski definition) is 1. The first kappa shape index (κ1) is 6.44. The highest BCUT2D eigenvalue weighted by Gasteiger charge is 1.82. The van der Waals surface area contributed by atoms with Crippen LogP contribution in [0.4, 0.5) is 4.79 Å². The van der Waals surface area contributed by atoms with Gasteiger partial charge in [-0.15, -0.1) is 0 Å². The Hall–Kier alpha value is -0.560. The minimum Gasteiger partial charge on any atom is -0.340 e. The molecule has 0 radical (unpaired) electrons. The van der Waals surface area contributed by atoms with E-state index in [1.54, 1.807) is 0 Å². The van der Waals surface area contributed by atoms with E-state index >= 15 is 0 Å². The van der Waals surface area contributed by atoms with Crippen molar-refractivity contribution in [2.24, 2.45) is 0 Å². The number of rotatable bonds is 2. The summed E-state index contributed by atoms with van der Waals surface area (Å²) in [5.41, 5.74) is 1.68. The van der Waals surface area contributed by atoms with Gasteiger partial charge >= 0.3 is 5.71 Å². The molecule has 0 aromatic heterocycles. The van der Waals surface area contributed by atoms with Crippen molar-refractivity contribution in [3.63, 3.8) is 0 Å². The van der Waals surface area contributed by atoms with E-state index in [1.807, 2.05) is 9.24 Å². The van der Waals surface area contributed by atoms with Gasteiger partial charge in [-0.2, -0.15) is 0 Å². The third kappa shape index (κ3) is 5.44. The second kappa shape index (κ2) is 3.62. The predicted octanol–water partition coefficient (Wildman–Crippen LogP) is 0.646. The summed E-state index contributed by atoms with van der Waals surface area (Å²) in [7, 11) is 1.84. The summed E-state index contributed by atoms with van der Waals surface area (Å²) in [4.78, 5) is 14.0. The predicted molar refractivity (Wildman–Crippen MR) is 29.5 cm³/mol. The Kier molecular flexibility index (Phi) is 3.33. The summed E-state index contributed by atoms with van der Waals surface area (Å²) in [5, 5.41) is 0. The third-order valence-electron chi connectivity index (χ3n) is 0.243. The van der Waals surface area contributed by atoms with Crippen LogP contribution in [0.5, 0.6) is 0 Å². The van der Waals surface area contributed by atoms with E-state index in [4.69, 9.17) is 0 Å². The summed E-state index contributed by atoms with van der Waals surface area (Å²) in [6.07, 6.45) is 1.27. The lowest BCUT2D eigenvalue weighted by Crippen LogP contribution is -2.06. The highest BCUT2D eigenvalue weighted by atomic mass is 31.0. The van der Waals surface area contributed by atoms with E-state index in [2.05, 4.69) is 16.9 Å². The second-order valence-corrected chi connectivity index (χ2v) is 1.21. The maximum absolute atomic E-state index is 9.83. The summed E-state index contributed by atoms with van der Waals surface area (Å²) in [5.74, 6) is 0. The van der Waals surface area contributed by atoms with Gasteiger partial charge in [0.2, 0.25) is 0 Å². The maximum Gasteiger partial charge on any atom is 0.344 e. The van der Waals surface area contributed by atoms with Gasteiger partial charge in [0, 0.05) is 6.20 Å². The van der Waals surface area contributed by atoms with Crippen molar-refractivity contribution in [2.75, 3.05) is 0 Å². The standard InChI is InChI=1S/C3H6NO2P/c1-2-4-6-3(5)7/h2,4H,1,7H2. The van der Waals surface area contributed by atoms with Crippen LogP contribution in [0.3, 0.4) is 0 Å². The summed E-state index contributed by atoms with van der Waals surface area (Å²) in [6.45, 7) is 3.24. The van der Waals surface area contributed by atoms with Crippen molar-refractivity contribution in [2.45, 2.75) is 0 Å². The average Bonchev–Trinajstić information content (AvgIpc) is 1.61. The van der Waals surface area contributed by atoms with Gasteiger partial charge in [0.15, 0.2) is 0 Å². The van der Waals surface area contributed by atoms with E-state index in [0.717, 1.165) is 0 Å². The monoisotopic (exact) mass is 119 g/mol. The number of nitrogens with one attached hydrogen (secondary N) is 1. The first-order valence-electron chi connectivity index (χ1n) is 1.60. The molecule has 1 atom stereocenters. The zero-order valence-corrected chi connectivity index (χ0v) is 4.83. The van der Waals surface area contributed by atoms with E-state index < -0.39 is 5.71 Å². The molecule has 40 valence electrons. The lowest BCUT2D eigenvalue weighted by Gasteiger charge is -1.93. The van der Waals surface area contributed by atoms with Gasteiger partial charge in [-0.3, -0.25) is 0 Å². The molecule has 0 aromatic carbocycles. The second-order valence-electron chi connectivity index (χ2n) is 0.743. The molecular weight excluding hydrogens is 113 g/mol. The van der Waals surface area contributed by atoms with Gasteiger partial charge in [0.05, 0.1) is 0 Å². The van der Waals surface area contributed by atoms with E-state index in [1.165, 1.54) is 6.20 Å². The van der Waals surface area contributed by atoms with Gasteiger partial charge in [0.25, 0.3) is 0 Å². The Morgan fingerprint density at radius 3 is 2.71 bits per heavy atom. The van der Waals surface area contributed by atoms with Gasteiger partial charge in [-0.05, 0) is 9.24 Å². The van der Waals surface area contributed by atoms with Crippen LogP contribution in [-0.2, 0) is 4.84 Å². The maximum atomic E-state index is 9.83. The van der Waals surface area contributed by atoms with Crippen LogP contribution in [0.1, 0.15) is 0 Å². The molecule has 0 heterocycles. The van der Waals surface area contributed by atoms with Gasteiger partial charge in [-0.25, -0.2) is 10.3 Å². The van der Waals surface area contributed by atoms with E-state index in [0.29, 0.717) is 0 Å². The summed E-state index contributed by atoms with van der Waals surface area (Å²) < 4.78 is 0. The molecule has 0 saturated heterocycles. The molecule has 0 fully saturated rings. The Balaban J connectivity index is 2.97. The topological polar surface area (TPSA) is 38.3 Å². The average molecular weight is 119 g/mol. The Morgan fingerprint density at radius 2 is 2.57 bits per heavy atom. The first-order valence-corrected chi connectivity index (χ1v) is 2.18. The molecule has 0 spiro atoms. The Morgan fingerprint density at radius 1 is 2.00 bits per heavy atom.